The first-order valence-corrected chi connectivity index (χ1v) is 6.43. The van der Waals surface area contributed by atoms with Crippen molar-refractivity contribution >= 4 is 21.1 Å². The molecule has 0 unspecified atom stereocenters. The number of halogens is 6. The first-order chi connectivity index (χ1) is 9.33. The minimum Gasteiger partial charge on any atom is -0.464 e. The van der Waals surface area contributed by atoms with Gasteiger partial charge in [-0.2, -0.15) is 34.8 Å². The molecule has 0 saturated carbocycles. The molecule has 2 aromatic rings. The normalized spacial score (nSPS) is 13.9. The molecule has 1 heterocycles. The number of rotatable bonds is 1. The lowest BCUT2D eigenvalue weighted by Crippen LogP contribution is -2.18. The second kappa shape index (κ2) is 4.37. The van der Waals surface area contributed by atoms with E-state index in [0.29, 0.717) is 12.3 Å². The van der Waals surface area contributed by atoms with Crippen LogP contribution in [-0.4, -0.2) is 13.0 Å². The average Bonchev–Trinajstić information content (AvgIpc) is 2.70. The molecule has 2 rings (SSSR count). The van der Waals surface area contributed by atoms with Crippen LogP contribution in [-0.2, 0) is 22.5 Å². The summed E-state index contributed by atoms with van der Waals surface area (Å²) < 4.78 is 112. The van der Waals surface area contributed by atoms with E-state index >= 15 is 0 Å². The van der Waals surface area contributed by atoms with Gasteiger partial charge < -0.3 is 4.42 Å². The summed E-state index contributed by atoms with van der Waals surface area (Å²) in [6.45, 7) is 0. The summed E-state index contributed by atoms with van der Waals surface area (Å²) in [6.07, 6.45) is -10.3. The van der Waals surface area contributed by atoms with E-state index in [1.54, 1.807) is 0 Å². The Morgan fingerprint density at radius 3 is 2.05 bits per heavy atom. The van der Waals surface area contributed by atoms with Gasteiger partial charge in [-0.3, -0.25) is 4.55 Å². The molecule has 1 aromatic heterocycles. The maximum Gasteiger partial charge on any atom is 0.420 e. The molecule has 1 aromatic carbocycles. The largest absolute Gasteiger partial charge is 0.464 e. The van der Waals surface area contributed by atoms with Gasteiger partial charge in [-0.1, -0.05) is 0 Å². The first-order valence-electron chi connectivity index (χ1n) is 4.99. The van der Waals surface area contributed by atoms with E-state index in [4.69, 9.17) is 4.55 Å². The zero-order chi connectivity index (χ0) is 16.2. The Labute approximate surface area is 112 Å². The highest BCUT2D eigenvalue weighted by Crippen LogP contribution is 2.45. The van der Waals surface area contributed by atoms with Gasteiger partial charge >= 0.3 is 12.4 Å². The van der Waals surface area contributed by atoms with Crippen LogP contribution in [0.25, 0.3) is 11.0 Å². The van der Waals surface area contributed by atoms with Gasteiger partial charge in [0.2, 0.25) is 0 Å². The third-order valence-electron chi connectivity index (χ3n) is 2.57. The molecule has 0 amide bonds. The minimum atomic E-state index is -5.49. The van der Waals surface area contributed by atoms with Crippen LogP contribution in [0.1, 0.15) is 11.1 Å². The molecule has 0 fully saturated rings. The average molecular weight is 334 g/mol. The fourth-order valence-corrected chi connectivity index (χ4v) is 2.52. The van der Waals surface area contributed by atoms with E-state index in [1.807, 2.05) is 0 Å². The Morgan fingerprint density at radius 2 is 1.62 bits per heavy atom. The van der Waals surface area contributed by atoms with Gasteiger partial charge in [0.1, 0.15) is 16.0 Å². The summed E-state index contributed by atoms with van der Waals surface area (Å²) in [5, 5.41) is -0.794. The van der Waals surface area contributed by atoms with E-state index < -0.39 is 49.5 Å². The van der Waals surface area contributed by atoms with Crippen LogP contribution in [0.2, 0.25) is 0 Å². The number of benzene rings is 1. The first kappa shape index (κ1) is 15.6. The topological polar surface area (TPSA) is 67.5 Å². The van der Waals surface area contributed by atoms with Gasteiger partial charge in [0.15, 0.2) is 0 Å². The number of hydrogen-bond acceptors (Lipinski definition) is 3. The third kappa shape index (κ3) is 2.70. The maximum atomic E-state index is 12.8. The van der Waals surface area contributed by atoms with E-state index in [9.17, 15) is 34.8 Å². The third-order valence-corrected chi connectivity index (χ3v) is 3.46. The molecular weight excluding hydrogens is 330 g/mol. The van der Waals surface area contributed by atoms with E-state index in [-0.39, 0.29) is 6.07 Å². The highest BCUT2D eigenvalue weighted by Gasteiger charge is 2.46. The second-order valence-corrected chi connectivity index (χ2v) is 5.32. The highest BCUT2D eigenvalue weighted by molar-refractivity contribution is 7.86. The summed E-state index contributed by atoms with van der Waals surface area (Å²) in [4.78, 5) is -1.31. The molecule has 0 spiro atoms. The highest BCUT2D eigenvalue weighted by atomic mass is 32.2. The number of alkyl halides is 6. The molecule has 0 atom stereocenters. The van der Waals surface area contributed by atoms with Gasteiger partial charge in [0, 0.05) is 5.39 Å². The lowest BCUT2D eigenvalue weighted by molar-refractivity contribution is -0.161. The summed E-state index contributed by atoms with van der Waals surface area (Å²) in [5.41, 5.74) is -5.72. The van der Waals surface area contributed by atoms with Crippen LogP contribution >= 0.6 is 0 Å². The van der Waals surface area contributed by atoms with Crippen molar-refractivity contribution in [1.29, 1.82) is 0 Å². The van der Waals surface area contributed by atoms with Crippen molar-refractivity contribution in [1.82, 2.24) is 0 Å². The number of hydrogen-bond donors (Lipinski definition) is 1. The molecule has 0 aliphatic carbocycles. The summed E-state index contributed by atoms with van der Waals surface area (Å²) in [5.74, 6) is 0. The molecule has 4 nitrogen and oxygen atoms in total. The molecule has 1 N–H and O–H groups in total. The molecule has 21 heavy (non-hydrogen) atoms. The molecular formula is C10H4F6O4S. The molecule has 0 aliphatic heterocycles. The fourth-order valence-electron chi connectivity index (χ4n) is 1.82. The molecule has 11 heteroatoms. The van der Waals surface area contributed by atoms with Crippen LogP contribution < -0.4 is 0 Å². The van der Waals surface area contributed by atoms with Crippen molar-refractivity contribution in [2.24, 2.45) is 0 Å². The van der Waals surface area contributed by atoms with E-state index in [1.165, 1.54) is 0 Å². The van der Waals surface area contributed by atoms with Gasteiger partial charge in [0.25, 0.3) is 10.1 Å². The van der Waals surface area contributed by atoms with Crippen LogP contribution in [0, 0.1) is 0 Å². The van der Waals surface area contributed by atoms with Crippen LogP contribution in [0.3, 0.4) is 0 Å². The van der Waals surface area contributed by atoms with Crippen molar-refractivity contribution in [3.63, 3.8) is 0 Å². The summed E-state index contributed by atoms with van der Waals surface area (Å²) >= 11 is 0. The lowest BCUT2D eigenvalue weighted by Gasteiger charge is -2.16. The van der Waals surface area contributed by atoms with E-state index in [0.717, 1.165) is 0 Å². The Bertz CT molecular complexity index is 799. The van der Waals surface area contributed by atoms with Gasteiger partial charge in [-0.15, -0.1) is 0 Å². The van der Waals surface area contributed by atoms with Crippen LogP contribution in [0.5, 0.6) is 0 Å². The molecule has 0 aliphatic rings. The van der Waals surface area contributed by atoms with Gasteiger partial charge in [0.05, 0.1) is 11.8 Å². The summed E-state index contributed by atoms with van der Waals surface area (Å²) in [7, 11) is -5.17. The summed E-state index contributed by atoms with van der Waals surface area (Å²) in [6, 6.07) is 0.448. The fraction of sp³-hybridized carbons (Fsp3) is 0.200. The number of fused-ring (bicyclic) bond motifs is 1. The van der Waals surface area contributed by atoms with Crippen molar-refractivity contribution in [2.45, 2.75) is 17.2 Å². The molecule has 0 radical (unpaired) electrons. The van der Waals surface area contributed by atoms with Crippen molar-refractivity contribution in [2.75, 3.05) is 0 Å². The predicted molar refractivity (Wildman–Crippen MR) is 56.0 cm³/mol. The van der Waals surface area contributed by atoms with Crippen LogP contribution in [0.4, 0.5) is 26.3 Å². The SMILES string of the molecule is O=S(=O)(O)c1cc(C(F)(F)F)c(C(F)(F)F)c2occc12. The van der Waals surface area contributed by atoms with Crippen LogP contribution in [0.15, 0.2) is 27.7 Å². The van der Waals surface area contributed by atoms with Crippen molar-refractivity contribution in [3.05, 3.63) is 29.5 Å². The monoisotopic (exact) mass is 334 g/mol. The van der Waals surface area contributed by atoms with Crippen molar-refractivity contribution < 1.29 is 43.7 Å². The lowest BCUT2D eigenvalue weighted by atomic mass is 10.0. The number of furan rings is 1. The standard InChI is InChI=1S/C10H4F6O4S/c11-9(12,13)5-3-6(21(17,18)19)4-1-2-20-8(4)7(5)10(14,15)16/h1-3H,(H,17,18,19). The Hall–Kier alpha value is -1.75. The Kier molecular flexibility index (Phi) is 3.25. The van der Waals surface area contributed by atoms with Gasteiger partial charge in [-0.05, 0) is 12.1 Å². The zero-order valence-corrected chi connectivity index (χ0v) is 10.4. The zero-order valence-electron chi connectivity index (χ0n) is 9.58. The smallest absolute Gasteiger partial charge is 0.420 e. The molecule has 116 valence electrons. The predicted octanol–water partition coefficient (Wildman–Crippen LogP) is 3.72. The minimum absolute atomic E-state index is 0.268. The quantitative estimate of drug-likeness (QED) is 0.638. The molecule has 0 bridgehead atoms. The maximum absolute atomic E-state index is 12.8. The van der Waals surface area contributed by atoms with Gasteiger partial charge in [-0.25, -0.2) is 0 Å². The molecule has 0 saturated heterocycles. The van der Waals surface area contributed by atoms with Crippen molar-refractivity contribution in [3.8, 4) is 0 Å². The van der Waals surface area contributed by atoms with E-state index in [2.05, 4.69) is 4.42 Å². The Balaban J connectivity index is 3.06. The Morgan fingerprint density at radius 1 is 1.05 bits per heavy atom. The second-order valence-electron chi connectivity index (χ2n) is 3.93.